The maximum absolute atomic E-state index is 11.4. The van der Waals surface area contributed by atoms with Gasteiger partial charge in [-0.15, -0.1) is 0 Å². The van der Waals surface area contributed by atoms with E-state index in [1.54, 1.807) is 18.2 Å². The van der Waals surface area contributed by atoms with Crippen molar-refractivity contribution >= 4 is 16.0 Å². The van der Waals surface area contributed by atoms with Gasteiger partial charge in [-0.05, 0) is 18.2 Å². The molecule has 0 bridgehead atoms. The van der Waals surface area contributed by atoms with Crippen molar-refractivity contribution in [2.24, 2.45) is 0 Å². The lowest BCUT2D eigenvalue weighted by atomic mass is 10.2. The Morgan fingerprint density at radius 1 is 1.32 bits per heavy atom. The zero-order chi connectivity index (χ0) is 14.5. The molecule has 0 saturated carbocycles. The Balaban J connectivity index is 2.84. The van der Waals surface area contributed by atoms with Gasteiger partial charge in [-0.1, -0.05) is 0 Å². The zero-order valence-electron chi connectivity index (χ0n) is 10.5. The third kappa shape index (κ3) is 4.76. The summed E-state index contributed by atoms with van der Waals surface area (Å²) in [6.07, 6.45) is 0. The lowest BCUT2D eigenvalue weighted by Gasteiger charge is -2.11. The molecule has 0 fully saturated rings. The van der Waals surface area contributed by atoms with Crippen molar-refractivity contribution < 1.29 is 27.8 Å². The van der Waals surface area contributed by atoms with E-state index in [0.29, 0.717) is 17.1 Å². The molecule has 106 valence electrons. The Morgan fingerprint density at radius 3 is 2.53 bits per heavy atom. The SMILES string of the molecule is COc1ccc(OC)c(CNS(=O)(=O)CC(=O)O)c1. The van der Waals surface area contributed by atoms with E-state index in [1.807, 2.05) is 0 Å². The number of carbonyl (C=O) groups is 1. The van der Waals surface area contributed by atoms with Gasteiger partial charge < -0.3 is 14.6 Å². The first-order chi connectivity index (χ1) is 8.88. The van der Waals surface area contributed by atoms with Crippen LogP contribution in [0, 0.1) is 0 Å². The van der Waals surface area contributed by atoms with Crippen LogP contribution in [0.3, 0.4) is 0 Å². The molecular weight excluding hydrogens is 274 g/mol. The number of benzene rings is 1. The molecule has 0 unspecified atom stereocenters. The fraction of sp³-hybridized carbons (Fsp3) is 0.364. The van der Waals surface area contributed by atoms with Gasteiger partial charge in [-0.3, -0.25) is 4.79 Å². The summed E-state index contributed by atoms with van der Waals surface area (Å²) in [4.78, 5) is 10.4. The van der Waals surface area contributed by atoms with Crippen LogP contribution < -0.4 is 14.2 Å². The van der Waals surface area contributed by atoms with E-state index in [9.17, 15) is 13.2 Å². The second-order valence-corrected chi connectivity index (χ2v) is 5.46. The predicted molar refractivity (Wildman–Crippen MR) is 67.8 cm³/mol. The Morgan fingerprint density at radius 2 is 2.00 bits per heavy atom. The van der Waals surface area contributed by atoms with E-state index < -0.39 is 21.7 Å². The summed E-state index contributed by atoms with van der Waals surface area (Å²) >= 11 is 0. The van der Waals surface area contributed by atoms with E-state index in [2.05, 4.69) is 4.72 Å². The van der Waals surface area contributed by atoms with Crippen LogP contribution in [-0.4, -0.2) is 39.5 Å². The number of hydrogen-bond donors (Lipinski definition) is 2. The summed E-state index contributed by atoms with van der Waals surface area (Å²) < 4.78 is 35.1. The average molecular weight is 289 g/mol. The number of methoxy groups -OCH3 is 2. The molecule has 0 aliphatic rings. The fourth-order valence-corrected chi connectivity index (χ4v) is 2.22. The van der Waals surface area contributed by atoms with Gasteiger partial charge in [0.2, 0.25) is 10.0 Å². The van der Waals surface area contributed by atoms with Crippen LogP contribution >= 0.6 is 0 Å². The number of aliphatic carboxylic acids is 1. The molecule has 0 aliphatic carbocycles. The van der Waals surface area contributed by atoms with E-state index in [4.69, 9.17) is 14.6 Å². The number of nitrogens with one attached hydrogen (secondary N) is 1. The standard InChI is InChI=1S/C11H15NO6S/c1-17-9-3-4-10(18-2)8(5-9)6-12-19(15,16)7-11(13)14/h3-5,12H,6-7H2,1-2H3,(H,13,14). The third-order valence-electron chi connectivity index (χ3n) is 2.28. The van der Waals surface area contributed by atoms with Gasteiger partial charge in [-0.2, -0.15) is 0 Å². The molecule has 1 aromatic rings. The summed E-state index contributed by atoms with van der Waals surface area (Å²) in [6, 6.07) is 4.93. The highest BCUT2D eigenvalue weighted by Crippen LogP contribution is 2.23. The van der Waals surface area contributed by atoms with Crippen LogP contribution in [-0.2, 0) is 21.4 Å². The van der Waals surface area contributed by atoms with Crippen LogP contribution in [0.25, 0.3) is 0 Å². The molecule has 0 aromatic heterocycles. The van der Waals surface area contributed by atoms with Crippen molar-refractivity contribution in [2.75, 3.05) is 20.0 Å². The zero-order valence-corrected chi connectivity index (χ0v) is 11.4. The predicted octanol–water partition coefficient (Wildman–Crippen LogP) is 0.208. The molecule has 1 rings (SSSR count). The molecule has 0 radical (unpaired) electrons. The topological polar surface area (TPSA) is 102 Å². The summed E-state index contributed by atoms with van der Waals surface area (Å²) in [7, 11) is -0.928. The summed E-state index contributed by atoms with van der Waals surface area (Å²) in [5.74, 6) is -1.35. The van der Waals surface area contributed by atoms with Crippen LogP contribution in [0.1, 0.15) is 5.56 Å². The molecular formula is C11H15NO6S. The molecule has 0 aliphatic heterocycles. The number of rotatable bonds is 7. The van der Waals surface area contributed by atoms with Gasteiger partial charge in [0, 0.05) is 12.1 Å². The first-order valence-corrected chi connectivity index (χ1v) is 6.93. The van der Waals surface area contributed by atoms with Crippen LogP contribution in [0.15, 0.2) is 18.2 Å². The van der Waals surface area contributed by atoms with Gasteiger partial charge in [0.05, 0.1) is 14.2 Å². The normalized spacial score (nSPS) is 11.1. The lowest BCUT2D eigenvalue weighted by molar-refractivity contribution is -0.134. The molecule has 19 heavy (non-hydrogen) atoms. The molecule has 0 spiro atoms. The quantitative estimate of drug-likeness (QED) is 0.744. The smallest absolute Gasteiger partial charge is 0.320 e. The minimum Gasteiger partial charge on any atom is -0.497 e. The number of carboxylic acids is 1. The van der Waals surface area contributed by atoms with Gasteiger partial charge in [0.1, 0.15) is 11.5 Å². The van der Waals surface area contributed by atoms with Gasteiger partial charge >= 0.3 is 5.97 Å². The van der Waals surface area contributed by atoms with Crippen molar-refractivity contribution in [3.63, 3.8) is 0 Å². The lowest BCUT2D eigenvalue weighted by Crippen LogP contribution is -2.29. The van der Waals surface area contributed by atoms with Gasteiger partial charge in [-0.25, -0.2) is 13.1 Å². The van der Waals surface area contributed by atoms with Crippen LogP contribution in [0.5, 0.6) is 11.5 Å². The first kappa shape index (κ1) is 15.3. The maximum atomic E-state index is 11.4. The highest BCUT2D eigenvalue weighted by atomic mass is 32.2. The highest BCUT2D eigenvalue weighted by Gasteiger charge is 2.16. The molecule has 0 amide bonds. The van der Waals surface area contributed by atoms with Crippen molar-refractivity contribution in [1.29, 1.82) is 0 Å². The maximum Gasteiger partial charge on any atom is 0.320 e. The van der Waals surface area contributed by atoms with Crippen molar-refractivity contribution in [2.45, 2.75) is 6.54 Å². The molecule has 8 heteroatoms. The molecule has 0 atom stereocenters. The largest absolute Gasteiger partial charge is 0.497 e. The monoisotopic (exact) mass is 289 g/mol. The highest BCUT2D eigenvalue weighted by molar-refractivity contribution is 7.90. The second kappa shape index (κ2) is 6.39. The van der Waals surface area contributed by atoms with E-state index in [0.717, 1.165) is 0 Å². The van der Waals surface area contributed by atoms with E-state index in [1.165, 1.54) is 14.2 Å². The number of hydrogen-bond acceptors (Lipinski definition) is 5. The first-order valence-electron chi connectivity index (χ1n) is 5.28. The summed E-state index contributed by atoms with van der Waals surface area (Å²) in [6.45, 7) is -0.0734. The summed E-state index contributed by atoms with van der Waals surface area (Å²) in [5, 5.41) is 8.47. The number of carboxylic acid groups (broad SMARTS) is 1. The minimum absolute atomic E-state index is 0.0734. The van der Waals surface area contributed by atoms with E-state index >= 15 is 0 Å². The van der Waals surface area contributed by atoms with E-state index in [-0.39, 0.29) is 6.54 Å². The number of sulfonamides is 1. The molecule has 7 nitrogen and oxygen atoms in total. The van der Waals surface area contributed by atoms with Crippen LogP contribution in [0.2, 0.25) is 0 Å². The minimum atomic E-state index is -3.87. The summed E-state index contributed by atoms with van der Waals surface area (Å²) in [5.41, 5.74) is 0.552. The Kier molecular flexibility index (Phi) is 5.13. The number of ether oxygens (including phenoxy) is 2. The van der Waals surface area contributed by atoms with Crippen molar-refractivity contribution in [1.82, 2.24) is 4.72 Å². The Labute approximate surface area is 111 Å². The Hall–Kier alpha value is -1.80. The molecule has 1 aromatic carbocycles. The van der Waals surface area contributed by atoms with Gasteiger partial charge in [0.25, 0.3) is 0 Å². The second-order valence-electron chi connectivity index (χ2n) is 3.65. The molecule has 2 N–H and O–H groups in total. The van der Waals surface area contributed by atoms with Crippen molar-refractivity contribution in [3.8, 4) is 11.5 Å². The fourth-order valence-electron chi connectivity index (χ4n) is 1.42. The molecule has 0 heterocycles. The van der Waals surface area contributed by atoms with Gasteiger partial charge in [0.15, 0.2) is 5.75 Å². The van der Waals surface area contributed by atoms with Crippen molar-refractivity contribution in [3.05, 3.63) is 23.8 Å². The Bertz CT molecular complexity index is 554. The average Bonchev–Trinajstić information content (AvgIpc) is 2.34. The molecule has 0 saturated heterocycles. The van der Waals surface area contributed by atoms with Crippen LogP contribution in [0.4, 0.5) is 0 Å². The third-order valence-corrected chi connectivity index (χ3v) is 3.49.